The van der Waals surface area contributed by atoms with Gasteiger partial charge in [-0.1, -0.05) is 0 Å². The molecule has 0 fully saturated rings. The van der Waals surface area contributed by atoms with Crippen LogP contribution in [0.2, 0.25) is 0 Å². The highest BCUT2D eigenvalue weighted by Crippen LogP contribution is 2.37. The number of fused-ring (bicyclic) bond motifs is 2. The number of methoxy groups -OCH3 is 1. The van der Waals surface area contributed by atoms with Crippen molar-refractivity contribution in [2.24, 2.45) is 0 Å². The van der Waals surface area contributed by atoms with Crippen molar-refractivity contribution >= 4 is 23.2 Å². The Morgan fingerprint density at radius 1 is 1.14 bits per heavy atom. The molecule has 1 aliphatic rings. The third-order valence-electron chi connectivity index (χ3n) is 4.44. The van der Waals surface area contributed by atoms with E-state index in [1.54, 1.807) is 75.0 Å². The molecule has 0 radical (unpaired) electrons. The first kappa shape index (κ1) is 17.5. The number of pyridine rings is 1. The van der Waals surface area contributed by atoms with Crippen LogP contribution < -0.4 is 19.7 Å². The summed E-state index contributed by atoms with van der Waals surface area (Å²) in [5, 5.41) is 2.80. The van der Waals surface area contributed by atoms with Crippen LogP contribution in [0, 0.1) is 0 Å². The van der Waals surface area contributed by atoms with Crippen molar-refractivity contribution in [1.82, 2.24) is 4.98 Å². The number of nitrogens with zero attached hydrogens (tertiary/aromatic N) is 2. The average Bonchev–Trinajstić information content (AvgIpc) is 2.83. The van der Waals surface area contributed by atoms with Crippen LogP contribution in [0.25, 0.3) is 0 Å². The maximum absolute atomic E-state index is 12.9. The van der Waals surface area contributed by atoms with Gasteiger partial charge in [0.15, 0.2) is 0 Å². The van der Waals surface area contributed by atoms with Crippen LogP contribution >= 0.6 is 0 Å². The van der Waals surface area contributed by atoms with Crippen LogP contribution in [0.1, 0.15) is 20.7 Å². The summed E-state index contributed by atoms with van der Waals surface area (Å²) in [6, 6.07) is 15.2. The molecule has 1 N–H and O–H groups in total. The van der Waals surface area contributed by atoms with Crippen molar-refractivity contribution in [3.63, 3.8) is 0 Å². The van der Waals surface area contributed by atoms with E-state index in [0.29, 0.717) is 39.9 Å². The van der Waals surface area contributed by atoms with Gasteiger partial charge in [-0.05, 0) is 54.6 Å². The Hall–Kier alpha value is -3.87. The number of hydrogen-bond donors (Lipinski definition) is 1. The van der Waals surface area contributed by atoms with Crippen LogP contribution in [0.3, 0.4) is 0 Å². The van der Waals surface area contributed by atoms with Crippen molar-refractivity contribution in [3.8, 4) is 17.4 Å². The Morgan fingerprint density at radius 2 is 1.93 bits per heavy atom. The number of rotatable bonds is 3. The largest absolute Gasteiger partial charge is 0.497 e. The maximum atomic E-state index is 12.9. The van der Waals surface area contributed by atoms with Crippen molar-refractivity contribution in [2.45, 2.75) is 0 Å². The SMILES string of the molecule is COc1ccc(C(=O)Nc2ccc3c(c2)C(=O)N(C)c2cccnc2O3)cc1. The normalized spacial score (nSPS) is 12.4. The van der Waals surface area contributed by atoms with Crippen molar-refractivity contribution in [1.29, 1.82) is 0 Å². The zero-order valence-corrected chi connectivity index (χ0v) is 15.3. The Morgan fingerprint density at radius 3 is 2.68 bits per heavy atom. The Bertz CT molecular complexity index is 1060. The van der Waals surface area contributed by atoms with Gasteiger partial charge in [0.2, 0.25) is 5.88 Å². The summed E-state index contributed by atoms with van der Waals surface area (Å²) >= 11 is 0. The smallest absolute Gasteiger partial charge is 0.262 e. The summed E-state index contributed by atoms with van der Waals surface area (Å²) in [5.74, 6) is 0.870. The van der Waals surface area contributed by atoms with Gasteiger partial charge in [0.05, 0.1) is 12.7 Å². The molecule has 7 heteroatoms. The van der Waals surface area contributed by atoms with Gasteiger partial charge in [-0.3, -0.25) is 9.59 Å². The lowest BCUT2D eigenvalue weighted by Crippen LogP contribution is -2.25. The molecule has 28 heavy (non-hydrogen) atoms. The third kappa shape index (κ3) is 3.14. The van der Waals surface area contributed by atoms with E-state index in [0.717, 1.165) is 0 Å². The van der Waals surface area contributed by atoms with Crippen LogP contribution in [-0.4, -0.2) is 31.0 Å². The first-order valence-electron chi connectivity index (χ1n) is 8.57. The minimum atomic E-state index is -0.289. The molecule has 1 aromatic heterocycles. The minimum Gasteiger partial charge on any atom is -0.497 e. The van der Waals surface area contributed by atoms with Crippen LogP contribution in [0.4, 0.5) is 11.4 Å². The average molecular weight is 375 g/mol. The van der Waals surface area contributed by atoms with E-state index >= 15 is 0 Å². The molecule has 2 amide bonds. The second-order valence-corrected chi connectivity index (χ2v) is 6.19. The first-order valence-corrected chi connectivity index (χ1v) is 8.57. The minimum absolute atomic E-state index is 0.248. The molecule has 0 aliphatic carbocycles. The van der Waals surface area contributed by atoms with Gasteiger partial charge < -0.3 is 19.7 Å². The van der Waals surface area contributed by atoms with Gasteiger partial charge in [0, 0.05) is 24.5 Å². The number of aromatic nitrogens is 1. The summed E-state index contributed by atoms with van der Waals surface area (Å²) in [4.78, 5) is 31.0. The molecule has 2 heterocycles. The summed E-state index contributed by atoms with van der Waals surface area (Å²) < 4.78 is 10.9. The number of benzene rings is 2. The summed E-state index contributed by atoms with van der Waals surface area (Å²) in [7, 11) is 3.22. The van der Waals surface area contributed by atoms with Gasteiger partial charge >= 0.3 is 0 Å². The van der Waals surface area contributed by atoms with Crippen molar-refractivity contribution in [2.75, 3.05) is 24.4 Å². The Kier molecular flexibility index (Phi) is 4.41. The van der Waals surface area contributed by atoms with Crippen LogP contribution in [0.5, 0.6) is 17.4 Å². The van der Waals surface area contributed by atoms with E-state index in [4.69, 9.17) is 9.47 Å². The molecule has 4 rings (SSSR count). The molecule has 0 bridgehead atoms. The quantitative estimate of drug-likeness (QED) is 0.755. The molecule has 7 nitrogen and oxygen atoms in total. The summed E-state index contributed by atoms with van der Waals surface area (Å²) in [5.41, 5.74) is 1.89. The number of amides is 2. The number of nitrogens with one attached hydrogen (secondary N) is 1. The Labute approximate surface area is 161 Å². The monoisotopic (exact) mass is 375 g/mol. The second kappa shape index (κ2) is 7.03. The lowest BCUT2D eigenvalue weighted by Gasteiger charge is -2.15. The highest BCUT2D eigenvalue weighted by atomic mass is 16.5. The molecule has 0 unspecified atom stereocenters. The number of carbonyl (C=O) groups is 2. The fourth-order valence-electron chi connectivity index (χ4n) is 2.92. The molecule has 3 aromatic rings. The van der Waals surface area contributed by atoms with E-state index in [1.165, 1.54) is 4.90 Å². The zero-order chi connectivity index (χ0) is 19.7. The highest BCUT2D eigenvalue weighted by Gasteiger charge is 2.26. The molecule has 2 aromatic carbocycles. The second-order valence-electron chi connectivity index (χ2n) is 6.19. The predicted octanol–water partition coefficient (Wildman–Crippen LogP) is 3.72. The molecule has 0 atom stereocenters. The zero-order valence-electron chi connectivity index (χ0n) is 15.3. The molecule has 0 saturated carbocycles. The van der Waals surface area contributed by atoms with Gasteiger partial charge in [-0.15, -0.1) is 0 Å². The third-order valence-corrected chi connectivity index (χ3v) is 4.44. The van der Waals surface area contributed by atoms with E-state index < -0.39 is 0 Å². The molecule has 1 aliphatic heterocycles. The lowest BCUT2D eigenvalue weighted by molar-refractivity contribution is 0.0990. The van der Waals surface area contributed by atoms with E-state index in [2.05, 4.69) is 10.3 Å². The number of anilines is 2. The van der Waals surface area contributed by atoms with Crippen LogP contribution in [-0.2, 0) is 0 Å². The standard InChI is InChI=1S/C21H17N3O4/c1-24-17-4-3-11-22-20(17)28-18-10-7-14(12-16(18)21(24)26)23-19(25)13-5-8-15(27-2)9-6-13/h3-12H,1-2H3,(H,23,25). The van der Waals surface area contributed by atoms with E-state index in [9.17, 15) is 9.59 Å². The number of hydrogen-bond acceptors (Lipinski definition) is 5. The topological polar surface area (TPSA) is 80.8 Å². The summed E-state index contributed by atoms with van der Waals surface area (Å²) in [6.45, 7) is 0. The van der Waals surface area contributed by atoms with Gasteiger partial charge in [-0.2, -0.15) is 0 Å². The molecular formula is C21H17N3O4. The van der Waals surface area contributed by atoms with Gasteiger partial charge in [-0.25, -0.2) is 4.98 Å². The fraction of sp³-hybridized carbons (Fsp3) is 0.0952. The highest BCUT2D eigenvalue weighted by molar-refractivity contribution is 6.10. The fourth-order valence-corrected chi connectivity index (χ4v) is 2.92. The van der Waals surface area contributed by atoms with E-state index in [-0.39, 0.29) is 11.8 Å². The first-order chi connectivity index (χ1) is 13.6. The van der Waals surface area contributed by atoms with Crippen molar-refractivity contribution < 1.29 is 19.1 Å². The van der Waals surface area contributed by atoms with Crippen LogP contribution in [0.15, 0.2) is 60.8 Å². The number of ether oxygens (including phenoxy) is 2. The molecule has 140 valence electrons. The predicted molar refractivity (Wildman–Crippen MR) is 104 cm³/mol. The van der Waals surface area contributed by atoms with Gasteiger partial charge in [0.1, 0.15) is 17.2 Å². The summed E-state index contributed by atoms with van der Waals surface area (Å²) in [6.07, 6.45) is 1.60. The Balaban J connectivity index is 1.62. The van der Waals surface area contributed by atoms with Gasteiger partial charge in [0.25, 0.3) is 11.8 Å². The molecular weight excluding hydrogens is 358 g/mol. The molecule has 0 spiro atoms. The number of carbonyl (C=O) groups excluding carboxylic acids is 2. The lowest BCUT2D eigenvalue weighted by atomic mass is 10.1. The van der Waals surface area contributed by atoms with E-state index in [1.807, 2.05) is 0 Å². The maximum Gasteiger partial charge on any atom is 0.262 e. The van der Waals surface area contributed by atoms with Crippen molar-refractivity contribution in [3.05, 3.63) is 71.9 Å². The molecule has 0 saturated heterocycles.